The van der Waals surface area contributed by atoms with E-state index in [1.54, 1.807) is 0 Å². The van der Waals surface area contributed by atoms with Crippen molar-refractivity contribution >= 4 is 119 Å². The molecule has 56 heavy (non-hydrogen) atoms. The van der Waals surface area contributed by atoms with Crippen LogP contribution in [0.15, 0.2) is 176 Å². The molecule has 0 saturated carbocycles. The molecule has 9 aromatic rings. The number of ether oxygens (including phenoxy) is 1. The Bertz CT molecular complexity index is 3040. The Morgan fingerprint density at radius 3 is 1.29 bits per heavy atom. The molecule has 14 rings (SSSR count). The fourth-order valence-electron chi connectivity index (χ4n) is 10.8. The van der Waals surface area contributed by atoms with Gasteiger partial charge in [-0.15, -0.1) is 0 Å². The van der Waals surface area contributed by atoms with Crippen molar-refractivity contribution in [3.63, 3.8) is 0 Å². The van der Waals surface area contributed by atoms with Gasteiger partial charge in [-0.2, -0.15) is 0 Å². The minimum atomic E-state index is 0.0201. The van der Waals surface area contributed by atoms with Gasteiger partial charge < -0.3 is 19.4 Å². The zero-order chi connectivity index (χ0) is 36.2. The van der Waals surface area contributed by atoms with Gasteiger partial charge >= 0.3 is 0 Å². The summed E-state index contributed by atoms with van der Waals surface area (Å²) in [6.07, 6.45) is 0. The molecule has 0 spiro atoms. The standard InChI is InChI=1S/C50H29B2N3O/c1-3-13-32-27-34(25-23-30(32)11-1)53-40-19-7-5-15-36(40)51-38-17-9-21-44-48(38)55-49-39(18-10-22-45(49)56-44)52-37-16-6-8-20-41(37)54(43-29-42(53)46(51)50(55)47(43)52)35-26-24-31-12-2-4-14-33(31)28-35/h1-29H. The topological polar surface area (TPSA) is 19.0 Å². The highest BCUT2D eigenvalue weighted by Crippen LogP contribution is 2.55. The molecule has 9 aromatic carbocycles. The minimum Gasteiger partial charge on any atom is -0.453 e. The maximum Gasteiger partial charge on any atom is 0.252 e. The van der Waals surface area contributed by atoms with Gasteiger partial charge in [-0.3, -0.25) is 0 Å². The quantitative estimate of drug-likeness (QED) is 0.167. The van der Waals surface area contributed by atoms with Crippen LogP contribution in [0.25, 0.3) is 21.5 Å². The number of para-hydroxylation sites is 4. The summed E-state index contributed by atoms with van der Waals surface area (Å²) in [7, 11) is 0. The molecule has 256 valence electrons. The first-order valence-electron chi connectivity index (χ1n) is 19.5. The molecule has 0 aliphatic carbocycles. The summed E-state index contributed by atoms with van der Waals surface area (Å²) in [5.41, 5.74) is 18.6. The first-order chi connectivity index (χ1) is 27.8. The Hall–Kier alpha value is -7.17. The molecule has 5 heterocycles. The van der Waals surface area contributed by atoms with Gasteiger partial charge in [-0.05, 0) is 109 Å². The molecule has 0 fully saturated rings. The summed E-state index contributed by atoms with van der Waals surface area (Å²) in [5.74, 6) is 1.82. The number of hydrogen-bond acceptors (Lipinski definition) is 4. The minimum absolute atomic E-state index is 0.0201. The highest BCUT2D eigenvalue weighted by atomic mass is 16.5. The summed E-state index contributed by atoms with van der Waals surface area (Å²) in [5, 5.41) is 4.93. The van der Waals surface area contributed by atoms with E-state index in [1.807, 2.05) is 0 Å². The van der Waals surface area contributed by atoms with Gasteiger partial charge in [0.2, 0.25) is 0 Å². The van der Waals surface area contributed by atoms with Crippen molar-refractivity contribution in [2.24, 2.45) is 0 Å². The predicted molar refractivity (Wildman–Crippen MR) is 235 cm³/mol. The van der Waals surface area contributed by atoms with Crippen molar-refractivity contribution < 1.29 is 4.74 Å². The first-order valence-corrected chi connectivity index (χ1v) is 19.5. The smallest absolute Gasteiger partial charge is 0.252 e. The summed E-state index contributed by atoms with van der Waals surface area (Å²) in [6.45, 7) is 0.0403. The highest BCUT2D eigenvalue weighted by Gasteiger charge is 2.53. The van der Waals surface area contributed by atoms with Crippen molar-refractivity contribution in [1.29, 1.82) is 0 Å². The van der Waals surface area contributed by atoms with E-state index < -0.39 is 0 Å². The van der Waals surface area contributed by atoms with Crippen molar-refractivity contribution in [2.75, 3.05) is 14.7 Å². The average molecular weight is 709 g/mol. The third-order valence-corrected chi connectivity index (χ3v) is 12.9. The van der Waals surface area contributed by atoms with Crippen LogP contribution in [0.5, 0.6) is 11.5 Å². The van der Waals surface area contributed by atoms with Crippen molar-refractivity contribution in [2.45, 2.75) is 0 Å². The second-order valence-electron chi connectivity index (χ2n) is 15.6. The molecule has 5 aliphatic heterocycles. The van der Waals surface area contributed by atoms with Crippen molar-refractivity contribution in [1.82, 2.24) is 0 Å². The van der Waals surface area contributed by atoms with Crippen LogP contribution >= 0.6 is 0 Å². The van der Waals surface area contributed by atoms with Crippen LogP contribution in [0.4, 0.5) is 51.2 Å². The number of fused-ring (bicyclic) bond motifs is 8. The van der Waals surface area contributed by atoms with Crippen molar-refractivity contribution in [3.8, 4) is 11.5 Å². The SMILES string of the molecule is c1ccc2c(c1)B1c3cccc4c3N3c5c(cccc5B5c6ccccc6N(c6ccc7ccccc7c6)c6cc(c1c3c65)N2c1ccc2ccccc2c1)O4. The zero-order valence-corrected chi connectivity index (χ0v) is 30.1. The summed E-state index contributed by atoms with van der Waals surface area (Å²) in [4.78, 5) is 7.66. The Balaban J connectivity index is 1.16. The molecule has 5 aliphatic rings. The first kappa shape index (κ1) is 29.2. The van der Waals surface area contributed by atoms with E-state index in [-0.39, 0.29) is 13.4 Å². The maximum atomic E-state index is 6.91. The Morgan fingerprint density at radius 2 is 0.768 bits per heavy atom. The normalized spacial score (nSPS) is 14.4. The highest BCUT2D eigenvalue weighted by molar-refractivity contribution is 7.05. The van der Waals surface area contributed by atoms with Crippen LogP contribution in [-0.4, -0.2) is 13.4 Å². The largest absolute Gasteiger partial charge is 0.453 e. The molecule has 0 aromatic heterocycles. The molecule has 0 unspecified atom stereocenters. The van der Waals surface area contributed by atoms with Gasteiger partial charge in [0.05, 0.1) is 11.4 Å². The van der Waals surface area contributed by atoms with Gasteiger partial charge in [0.25, 0.3) is 13.4 Å². The fraction of sp³-hybridized carbons (Fsp3) is 0. The summed E-state index contributed by atoms with van der Waals surface area (Å²) < 4.78 is 6.91. The molecule has 0 radical (unpaired) electrons. The lowest BCUT2D eigenvalue weighted by atomic mass is 9.28. The Labute approximate surface area is 324 Å². The maximum absolute atomic E-state index is 6.91. The van der Waals surface area contributed by atoms with Gasteiger partial charge in [-0.25, -0.2) is 0 Å². The third kappa shape index (κ3) is 3.53. The lowest BCUT2D eigenvalue weighted by molar-refractivity contribution is 0.478. The van der Waals surface area contributed by atoms with Crippen LogP contribution in [-0.2, 0) is 0 Å². The summed E-state index contributed by atoms with van der Waals surface area (Å²) in [6, 6.07) is 65.2. The van der Waals surface area contributed by atoms with Crippen LogP contribution < -0.4 is 52.2 Å². The van der Waals surface area contributed by atoms with Gasteiger partial charge in [0.1, 0.15) is 0 Å². The zero-order valence-electron chi connectivity index (χ0n) is 30.1. The molecular weight excluding hydrogens is 680 g/mol. The number of anilines is 9. The van der Waals surface area contributed by atoms with Crippen LogP contribution in [0, 0.1) is 0 Å². The molecule has 0 amide bonds. The average Bonchev–Trinajstić information content (AvgIpc) is 3.25. The Morgan fingerprint density at radius 1 is 0.321 bits per heavy atom. The number of benzene rings is 9. The van der Waals surface area contributed by atoms with E-state index in [1.165, 1.54) is 82.8 Å². The molecule has 0 saturated heterocycles. The second kappa shape index (κ2) is 10.3. The van der Waals surface area contributed by atoms with Gasteiger partial charge in [0.15, 0.2) is 11.5 Å². The molecule has 6 heteroatoms. The molecule has 0 bridgehead atoms. The predicted octanol–water partition coefficient (Wildman–Crippen LogP) is 8.79. The Kier molecular flexibility index (Phi) is 5.38. The van der Waals surface area contributed by atoms with Gasteiger partial charge in [-0.1, -0.05) is 121 Å². The molecule has 4 nitrogen and oxygen atoms in total. The van der Waals surface area contributed by atoms with Crippen molar-refractivity contribution in [3.05, 3.63) is 176 Å². The van der Waals surface area contributed by atoms with E-state index in [9.17, 15) is 0 Å². The van der Waals surface area contributed by atoms with E-state index in [0.29, 0.717) is 0 Å². The summed E-state index contributed by atoms with van der Waals surface area (Å²) >= 11 is 0. The lowest BCUT2D eigenvalue weighted by Gasteiger charge is -2.52. The second-order valence-corrected chi connectivity index (χ2v) is 15.6. The van der Waals surface area contributed by atoms with E-state index in [4.69, 9.17) is 4.74 Å². The molecular formula is C50H29B2N3O. The number of rotatable bonds is 2. The van der Waals surface area contributed by atoms with Crippen LogP contribution in [0.3, 0.4) is 0 Å². The molecule has 0 atom stereocenters. The third-order valence-electron chi connectivity index (χ3n) is 12.9. The lowest BCUT2D eigenvalue weighted by Crippen LogP contribution is -2.69. The van der Waals surface area contributed by atoms with Crippen LogP contribution in [0.2, 0.25) is 0 Å². The van der Waals surface area contributed by atoms with E-state index >= 15 is 0 Å². The number of nitrogens with zero attached hydrogens (tertiary/aromatic N) is 3. The van der Waals surface area contributed by atoms with Gasteiger partial charge in [0, 0.05) is 39.8 Å². The fourth-order valence-corrected chi connectivity index (χ4v) is 10.8. The van der Waals surface area contributed by atoms with E-state index in [0.717, 1.165) is 34.2 Å². The van der Waals surface area contributed by atoms with E-state index in [2.05, 4.69) is 191 Å². The number of hydrogen-bond donors (Lipinski definition) is 0. The molecule has 0 N–H and O–H groups in total. The van der Waals surface area contributed by atoms with Crippen LogP contribution in [0.1, 0.15) is 0 Å². The monoisotopic (exact) mass is 709 g/mol.